The molecule has 84 valence electrons. The summed E-state index contributed by atoms with van der Waals surface area (Å²) in [4.78, 5) is 4.37. The van der Waals surface area contributed by atoms with Gasteiger partial charge in [0.15, 0.2) is 0 Å². The van der Waals surface area contributed by atoms with E-state index in [9.17, 15) is 0 Å². The molecule has 1 atom stereocenters. The second-order valence-electron chi connectivity index (χ2n) is 4.48. The molecular weight excluding hydrogens is 202 g/mol. The number of nitrogens with one attached hydrogen (secondary N) is 1. The predicted molar refractivity (Wildman–Crippen MR) is 61.2 cm³/mol. The largest absolute Gasteiger partial charge is 0.379 e. The Hall–Kier alpha value is -1.60. The van der Waals surface area contributed by atoms with Crippen LogP contribution < -0.4 is 5.32 Å². The molecule has 0 bridgehead atoms. The Bertz CT molecular complexity index is 430. The van der Waals surface area contributed by atoms with Crippen LogP contribution in [0, 0.1) is 18.3 Å². The first-order valence-corrected chi connectivity index (χ1v) is 5.36. The minimum Gasteiger partial charge on any atom is -0.379 e. The van der Waals surface area contributed by atoms with Gasteiger partial charge in [-0.1, -0.05) is 0 Å². The summed E-state index contributed by atoms with van der Waals surface area (Å²) in [5.41, 5.74) is 1.43. The number of anilines is 1. The highest BCUT2D eigenvalue weighted by Crippen LogP contribution is 2.23. The fourth-order valence-corrected chi connectivity index (χ4v) is 1.87. The monoisotopic (exact) mass is 217 g/mol. The van der Waals surface area contributed by atoms with Gasteiger partial charge in [-0.25, -0.2) is 4.98 Å². The Morgan fingerprint density at radius 3 is 3.00 bits per heavy atom. The molecule has 0 amide bonds. The van der Waals surface area contributed by atoms with E-state index in [1.165, 1.54) is 0 Å². The first-order chi connectivity index (χ1) is 7.61. The lowest BCUT2D eigenvalue weighted by Gasteiger charge is -2.24. The molecule has 4 heteroatoms. The quantitative estimate of drug-likeness (QED) is 0.821. The van der Waals surface area contributed by atoms with Crippen LogP contribution in [-0.2, 0) is 4.74 Å². The zero-order valence-electron chi connectivity index (χ0n) is 9.58. The van der Waals surface area contributed by atoms with Crippen molar-refractivity contribution >= 4 is 5.82 Å². The highest BCUT2D eigenvalue weighted by atomic mass is 16.5. The van der Waals surface area contributed by atoms with E-state index in [2.05, 4.69) is 23.3 Å². The highest BCUT2D eigenvalue weighted by Gasteiger charge is 2.29. The Morgan fingerprint density at radius 2 is 2.38 bits per heavy atom. The lowest BCUT2D eigenvalue weighted by molar-refractivity contribution is 0.185. The first-order valence-electron chi connectivity index (χ1n) is 5.36. The Kier molecular flexibility index (Phi) is 2.80. The summed E-state index contributed by atoms with van der Waals surface area (Å²) >= 11 is 0. The van der Waals surface area contributed by atoms with E-state index in [0.29, 0.717) is 12.2 Å². The number of aromatic nitrogens is 1. The number of pyridine rings is 1. The van der Waals surface area contributed by atoms with Crippen molar-refractivity contribution < 1.29 is 4.74 Å². The Balaban J connectivity index is 2.21. The molecule has 0 radical (unpaired) electrons. The van der Waals surface area contributed by atoms with Crippen molar-refractivity contribution in [2.45, 2.75) is 25.8 Å². The van der Waals surface area contributed by atoms with Crippen LogP contribution in [0.1, 0.15) is 24.6 Å². The van der Waals surface area contributed by atoms with Crippen LogP contribution in [0.25, 0.3) is 0 Å². The van der Waals surface area contributed by atoms with Gasteiger partial charge < -0.3 is 10.1 Å². The van der Waals surface area contributed by atoms with E-state index >= 15 is 0 Å². The van der Waals surface area contributed by atoms with Gasteiger partial charge in [-0.15, -0.1) is 0 Å². The van der Waals surface area contributed by atoms with Gasteiger partial charge in [0.2, 0.25) is 0 Å². The summed E-state index contributed by atoms with van der Waals surface area (Å²) in [5.74, 6) is 0.754. The van der Waals surface area contributed by atoms with E-state index < -0.39 is 0 Å². The van der Waals surface area contributed by atoms with Crippen molar-refractivity contribution in [1.29, 1.82) is 5.26 Å². The molecule has 2 rings (SSSR count). The third-order valence-electron chi connectivity index (χ3n) is 2.73. The van der Waals surface area contributed by atoms with Crippen molar-refractivity contribution in [2.75, 3.05) is 18.5 Å². The molecule has 0 aliphatic carbocycles. The summed E-state index contributed by atoms with van der Waals surface area (Å²) in [5, 5.41) is 12.2. The fraction of sp³-hybridized carbons (Fsp3) is 0.500. The maximum atomic E-state index is 8.88. The number of nitriles is 1. The van der Waals surface area contributed by atoms with Crippen LogP contribution in [0.2, 0.25) is 0 Å². The average Bonchev–Trinajstić information content (AvgIpc) is 2.63. The van der Waals surface area contributed by atoms with Crippen molar-refractivity contribution in [1.82, 2.24) is 4.98 Å². The van der Waals surface area contributed by atoms with E-state index in [1.54, 1.807) is 12.1 Å². The van der Waals surface area contributed by atoms with Gasteiger partial charge in [-0.05, 0) is 32.4 Å². The highest BCUT2D eigenvalue weighted by molar-refractivity contribution is 5.46. The normalized spacial score (nSPS) is 24.1. The summed E-state index contributed by atoms with van der Waals surface area (Å²) < 4.78 is 5.36. The SMILES string of the molecule is Cc1cc(C#N)cc(NC2(C)CCOC2)n1. The third kappa shape index (κ3) is 2.31. The number of hydrogen-bond acceptors (Lipinski definition) is 4. The lowest BCUT2D eigenvalue weighted by Crippen LogP contribution is -2.35. The second kappa shape index (κ2) is 4.11. The molecule has 1 aromatic heterocycles. The van der Waals surface area contributed by atoms with Crippen LogP contribution >= 0.6 is 0 Å². The molecule has 0 spiro atoms. The topological polar surface area (TPSA) is 57.9 Å². The van der Waals surface area contributed by atoms with Crippen LogP contribution in [0.3, 0.4) is 0 Å². The van der Waals surface area contributed by atoms with Gasteiger partial charge in [0.05, 0.1) is 23.8 Å². The van der Waals surface area contributed by atoms with E-state index in [-0.39, 0.29) is 5.54 Å². The number of aryl methyl sites for hydroxylation is 1. The number of rotatable bonds is 2. The van der Waals surface area contributed by atoms with Gasteiger partial charge >= 0.3 is 0 Å². The van der Waals surface area contributed by atoms with Crippen LogP contribution in [0.5, 0.6) is 0 Å². The Labute approximate surface area is 95.3 Å². The van der Waals surface area contributed by atoms with Gasteiger partial charge in [-0.2, -0.15) is 5.26 Å². The molecule has 1 N–H and O–H groups in total. The maximum absolute atomic E-state index is 8.88. The second-order valence-corrected chi connectivity index (χ2v) is 4.48. The van der Waals surface area contributed by atoms with Gasteiger partial charge in [0.1, 0.15) is 5.82 Å². The molecule has 1 aliphatic rings. The van der Waals surface area contributed by atoms with E-state index in [4.69, 9.17) is 10.00 Å². The summed E-state index contributed by atoms with van der Waals surface area (Å²) in [7, 11) is 0. The summed E-state index contributed by atoms with van der Waals surface area (Å²) in [6.07, 6.45) is 0.963. The molecule has 1 aromatic rings. The zero-order chi connectivity index (χ0) is 11.6. The molecular formula is C12H15N3O. The molecule has 0 saturated carbocycles. The smallest absolute Gasteiger partial charge is 0.128 e. The summed E-state index contributed by atoms with van der Waals surface area (Å²) in [6, 6.07) is 5.69. The van der Waals surface area contributed by atoms with Gasteiger partial charge in [0.25, 0.3) is 0 Å². The van der Waals surface area contributed by atoms with Crippen LogP contribution in [0.15, 0.2) is 12.1 Å². The lowest BCUT2D eigenvalue weighted by atomic mass is 10.0. The number of ether oxygens (including phenoxy) is 1. The minimum atomic E-state index is -0.0620. The van der Waals surface area contributed by atoms with Crippen molar-refractivity contribution in [3.05, 3.63) is 23.4 Å². The van der Waals surface area contributed by atoms with Crippen LogP contribution in [0.4, 0.5) is 5.82 Å². The first kappa shape index (κ1) is 10.9. The molecule has 2 heterocycles. The molecule has 1 saturated heterocycles. The van der Waals surface area contributed by atoms with Crippen molar-refractivity contribution in [2.24, 2.45) is 0 Å². The average molecular weight is 217 g/mol. The van der Waals surface area contributed by atoms with E-state index in [0.717, 1.165) is 24.5 Å². The Morgan fingerprint density at radius 1 is 1.56 bits per heavy atom. The van der Waals surface area contributed by atoms with E-state index in [1.807, 2.05) is 6.92 Å². The van der Waals surface area contributed by atoms with Gasteiger partial charge in [0, 0.05) is 12.3 Å². The molecule has 16 heavy (non-hydrogen) atoms. The maximum Gasteiger partial charge on any atom is 0.128 e. The molecule has 1 unspecified atom stereocenters. The number of hydrogen-bond donors (Lipinski definition) is 1. The minimum absolute atomic E-state index is 0.0620. The standard InChI is InChI=1S/C12H15N3O/c1-9-5-10(7-13)6-11(14-9)15-12(2)3-4-16-8-12/h5-6H,3-4,8H2,1-2H3,(H,14,15). The molecule has 1 fully saturated rings. The van der Waals surface area contributed by atoms with Crippen LogP contribution in [-0.4, -0.2) is 23.7 Å². The van der Waals surface area contributed by atoms with Crippen molar-refractivity contribution in [3.8, 4) is 6.07 Å². The summed E-state index contributed by atoms with van der Waals surface area (Å²) in [6.45, 7) is 5.46. The number of nitrogens with zero attached hydrogens (tertiary/aromatic N) is 2. The van der Waals surface area contributed by atoms with Gasteiger partial charge in [-0.3, -0.25) is 0 Å². The zero-order valence-corrected chi connectivity index (χ0v) is 9.58. The molecule has 4 nitrogen and oxygen atoms in total. The van der Waals surface area contributed by atoms with Crippen molar-refractivity contribution in [3.63, 3.8) is 0 Å². The predicted octanol–water partition coefficient (Wildman–Crippen LogP) is 1.85. The molecule has 0 aromatic carbocycles. The molecule has 1 aliphatic heterocycles. The fourth-order valence-electron chi connectivity index (χ4n) is 1.87. The third-order valence-corrected chi connectivity index (χ3v) is 2.73.